The Hall–Kier alpha value is -2.69. The topological polar surface area (TPSA) is 51.0 Å². The maximum atomic E-state index is 13.6. The summed E-state index contributed by atoms with van der Waals surface area (Å²) in [5.74, 6) is 0.835. The van der Waals surface area contributed by atoms with Crippen LogP contribution in [-0.2, 0) is 5.54 Å². The van der Waals surface area contributed by atoms with E-state index in [9.17, 15) is 4.79 Å². The third-order valence-electron chi connectivity index (χ3n) is 6.43. The number of rotatable bonds is 2. The number of piperidine rings is 1. The Morgan fingerprint density at radius 3 is 2.66 bits per heavy atom. The van der Waals surface area contributed by atoms with Crippen molar-refractivity contribution in [1.82, 2.24) is 19.7 Å². The molecule has 29 heavy (non-hydrogen) atoms. The summed E-state index contributed by atoms with van der Waals surface area (Å²) in [7, 11) is 0. The minimum absolute atomic E-state index is 0.0981. The Morgan fingerprint density at radius 2 is 2.00 bits per heavy atom. The molecule has 5 nitrogen and oxygen atoms in total. The Morgan fingerprint density at radius 1 is 1.17 bits per heavy atom. The van der Waals surface area contributed by atoms with Gasteiger partial charge in [0, 0.05) is 29.7 Å². The van der Waals surface area contributed by atoms with Crippen LogP contribution >= 0.6 is 0 Å². The van der Waals surface area contributed by atoms with Gasteiger partial charge in [0.1, 0.15) is 0 Å². The van der Waals surface area contributed by atoms with Gasteiger partial charge in [0.2, 0.25) is 0 Å². The summed E-state index contributed by atoms with van der Waals surface area (Å²) in [6, 6.07) is 8.56. The quantitative estimate of drug-likeness (QED) is 0.634. The van der Waals surface area contributed by atoms with Crippen LogP contribution in [0.25, 0.3) is 22.2 Å². The predicted molar refractivity (Wildman–Crippen MR) is 115 cm³/mol. The van der Waals surface area contributed by atoms with E-state index in [1.807, 2.05) is 29.2 Å². The molecule has 0 unspecified atom stereocenters. The fraction of sp³-hybridized carbons (Fsp3) is 0.458. The summed E-state index contributed by atoms with van der Waals surface area (Å²) in [6.45, 7) is 9.33. The van der Waals surface area contributed by atoms with Crippen molar-refractivity contribution in [3.05, 3.63) is 47.8 Å². The first kappa shape index (κ1) is 18.3. The van der Waals surface area contributed by atoms with Crippen molar-refractivity contribution in [3.8, 4) is 11.3 Å². The lowest BCUT2D eigenvalue weighted by molar-refractivity contribution is 0.0705. The number of carbonyl (C=O) groups excluding carboxylic acids is 1. The number of amides is 1. The summed E-state index contributed by atoms with van der Waals surface area (Å²) in [4.78, 5) is 20.6. The lowest BCUT2D eigenvalue weighted by atomic mass is 10.0. The molecule has 1 aliphatic carbocycles. The van der Waals surface area contributed by atoms with Gasteiger partial charge >= 0.3 is 0 Å². The van der Waals surface area contributed by atoms with Crippen LogP contribution in [0.15, 0.2) is 36.7 Å². The SMILES string of the molecule is Cc1ccc2c(C(=O)N3C[C@H]4CC[C@H]3C4)cc(-c3cnn(C(C)(C)C)c3)nc2c1. The third kappa shape index (κ3) is 3.13. The van der Waals surface area contributed by atoms with Crippen molar-refractivity contribution in [1.29, 1.82) is 0 Å². The molecule has 1 amide bonds. The molecule has 2 aromatic heterocycles. The second-order valence-electron chi connectivity index (χ2n) is 9.71. The molecule has 5 rings (SSSR count). The first-order chi connectivity index (χ1) is 13.8. The molecule has 1 aliphatic heterocycles. The number of hydrogen-bond acceptors (Lipinski definition) is 3. The maximum absolute atomic E-state index is 13.6. The van der Waals surface area contributed by atoms with Gasteiger partial charge in [-0.05, 0) is 70.6 Å². The third-order valence-corrected chi connectivity index (χ3v) is 6.43. The Bertz CT molecular complexity index is 1110. The molecule has 1 aromatic carbocycles. The highest BCUT2D eigenvalue weighted by molar-refractivity contribution is 6.07. The van der Waals surface area contributed by atoms with E-state index in [1.165, 1.54) is 12.8 Å². The van der Waals surface area contributed by atoms with Crippen LogP contribution in [-0.4, -0.2) is 38.2 Å². The van der Waals surface area contributed by atoms with Crippen LogP contribution in [0.1, 0.15) is 56.0 Å². The van der Waals surface area contributed by atoms with E-state index in [4.69, 9.17) is 4.98 Å². The normalized spacial score (nSPS) is 21.3. The number of nitrogens with zero attached hydrogens (tertiary/aromatic N) is 4. The van der Waals surface area contributed by atoms with Crippen LogP contribution in [0.5, 0.6) is 0 Å². The molecule has 1 saturated carbocycles. The van der Waals surface area contributed by atoms with E-state index >= 15 is 0 Å². The molecular formula is C24H28N4O. The van der Waals surface area contributed by atoms with Crippen LogP contribution in [0.2, 0.25) is 0 Å². The van der Waals surface area contributed by atoms with E-state index in [0.29, 0.717) is 12.0 Å². The second kappa shape index (κ2) is 6.41. The number of aromatic nitrogens is 3. The highest BCUT2D eigenvalue weighted by Crippen LogP contribution is 2.39. The number of benzene rings is 1. The Kier molecular flexibility index (Phi) is 4.05. The van der Waals surface area contributed by atoms with E-state index in [2.05, 4.69) is 49.8 Å². The van der Waals surface area contributed by atoms with Gasteiger partial charge in [-0.3, -0.25) is 9.48 Å². The minimum Gasteiger partial charge on any atom is -0.335 e. The zero-order valence-corrected chi connectivity index (χ0v) is 17.6. The number of likely N-dealkylation sites (tertiary alicyclic amines) is 1. The summed E-state index contributed by atoms with van der Waals surface area (Å²) in [5, 5.41) is 5.47. The number of carbonyl (C=O) groups is 1. The summed E-state index contributed by atoms with van der Waals surface area (Å²) >= 11 is 0. The van der Waals surface area contributed by atoms with Gasteiger partial charge in [-0.15, -0.1) is 0 Å². The highest BCUT2D eigenvalue weighted by atomic mass is 16.2. The molecular weight excluding hydrogens is 360 g/mol. The molecule has 2 fully saturated rings. The smallest absolute Gasteiger partial charge is 0.254 e. The van der Waals surface area contributed by atoms with Crippen molar-refractivity contribution in [2.75, 3.05) is 6.54 Å². The van der Waals surface area contributed by atoms with E-state index in [0.717, 1.165) is 46.3 Å². The number of fused-ring (bicyclic) bond motifs is 3. The molecule has 150 valence electrons. The minimum atomic E-state index is -0.0981. The Labute approximate surface area is 171 Å². The fourth-order valence-electron chi connectivity index (χ4n) is 4.81. The van der Waals surface area contributed by atoms with Crippen LogP contribution in [0.3, 0.4) is 0 Å². The summed E-state index contributed by atoms with van der Waals surface area (Å²) in [6.07, 6.45) is 7.45. The first-order valence-corrected chi connectivity index (χ1v) is 10.6. The number of hydrogen-bond donors (Lipinski definition) is 0. The van der Waals surface area contributed by atoms with E-state index in [1.54, 1.807) is 0 Å². The predicted octanol–water partition coefficient (Wildman–Crippen LogP) is 4.79. The summed E-state index contributed by atoms with van der Waals surface area (Å²) in [5.41, 5.74) is 4.44. The number of pyridine rings is 1. The van der Waals surface area contributed by atoms with Crippen molar-refractivity contribution in [3.63, 3.8) is 0 Å². The van der Waals surface area contributed by atoms with Gasteiger partial charge in [-0.25, -0.2) is 4.98 Å². The van der Waals surface area contributed by atoms with Gasteiger partial charge in [0.15, 0.2) is 0 Å². The molecule has 2 aliphatic rings. The zero-order valence-electron chi connectivity index (χ0n) is 17.6. The Balaban J connectivity index is 1.63. The lowest BCUT2D eigenvalue weighted by Crippen LogP contribution is -2.37. The van der Waals surface area contributed by atoms with Gasteiger partial charge in [-0.1, -0.05) is 12.1 Å². The van der Waals surface area contributed by atoms with Crippen molar-refractivity contribution in [2.24, 2.45) is 5.92 Å². The molecule has 2 bridgehead atoms. The lowest BCUT2D eigenvalue weighted by Gasteiger charge is -2.27. The molecule has 0 radical (unpaired) electrons. The fourth-order valence-corrected chi connectivity index (χ4v) is 4.81. The highest BCUT2D eigenvalue weighted by Gasteiger charge is 2.40. The molecule has 0 spiro atoms. The standard InChI is InChI=1S/C24H28N4O/c1-15-5-8-19-20(23(29)27-13-16-6-7-18(27)10-16)11-21(26-22(19)9-15)17-12-25-28(14-17)24(2,3)4/h5,8-9,11-12,14,16,18H,6-7,10,13H2,1-4H3/t16-,18-/m0/s1. The van der Waals surface area contributed by atoms with Crippen molar-refractivity contribution in [2.45, 2.75) is 58.5 Å². The number of aryl methyl sites for hydroxylation is 1. The first-order valence-electron chi connectivity index (χ1n) is 10.6. The molecule has 3 aromatic rings. The van der Waals surface area contributed by atoms with Gasteiger partial charge < -0.3 is 4.90 Å². The largest absolute Gasteiger partial charge is 0.335 e. The maximum Gasteiger partial charge on any atom is 0.254 e. The average Bonchev–Trinajstić information content (AvgIpc) is 3.42. The molecule has 2 atom stereocenters. The van der Waals surface area contributed by atoms with Gasteiger partial charge in [0.05, 0.1) is 28.5 Å². The van der Waals surface area contributed by atoms with Crippen molar-refractivity contribution >= 4 is 16.8 Å². The second-order valence-corrected chi connectivity index (χ2v) is 9.71. The van der Waals surface area contributed by atoms with Gasteiger partial charge in [-0.2, -0.15) is 5.10 Å². The zero-order chi connectivity index (χ0) is 20.3. The average molecular weight is 389 g/mol. The van der Waals surface area contributed by atoms with Crippen LogP contribution in [0.4, 0.5) is 0 Å². The van der Waals surface area contributed by atoms with Gasteiger partial charge in [0.25, 0.3) is 5.91 Å². The molecule has 1 saturated heterocycles. The molecule has 3 heterocycles. The summed E-state index contributed by atoms with van der Waals surface area (Å²) < 4.78 is 1.95. The van der Waals surface area contributed by atoms with Crippen LogP contribution < -0.4 is 0 Å². The molecule has 5 heteroatoms. The van der Waals surface area contributed by atoms with E-state index in [-0.39, 0.29) is 11.4 Å². The van der Waals surface area contributed by atoms with Crippen LogP contribution in [0, 0.1) is 12.8 Å². The van der Waals surface area contributed by atoms with Crippen molar-refractivity contribution < 1.29 is 4.79 Å². The monoisotopic (exact) mass is 388 g/mol. The molecule has 0 N–H and O–H groups in total. The van der Waals surface area contributed by atoms with E-state index < -0.39 is 0 Å².